The van der Waals surface area contributed by atoms with Crippen LogP contribution in [0, 0.1) is 0 Å². The number of aromatic nitrogens is 2. The molecule has 2 amide bonds. The molecule has 4 rings (SSSR count). The molecule has 3 atom stereocenters. The quantitative estimate of drug-likeness (QED) is 0.701. The fourth-order valence-corrected chi connectivity index (χ4v) is 4.87. The molecule has 2 aromatic rings. The van der Waals surface area contributed by atoms with Crippen LogP contribution in [0.3, 0.4) is 0 Å². The van der Waals surface area contributed by atoms with Crippen molar-refractivity contribution in [1.29, 1.82) is 0 Å². The van der Waals surface area contributed by atoms with Crippen molar-refractivity contribution in [3.63, 3.8) is 0 Å². The van der Waals surface area contributed by atoms with Gasteiger partial charge in [0, 0.05) is 32.4 Å². The summed E-state index contributed by atoms with van der Waals surface area (Å²) in [5.41, 5.74) is 0.420. The molecule has 31 heavy (non-hydrogen) atoms. The van der Waals surface area contributed by atoms with Crippen LogP contribution in [0.2, 0.25) is 4.34 Å². The SMILES string of the molecule is COC[C@@H]1C[C@@H](NC(=O)Oc2ccc(Cl)s2)CN1C(=O)c1cn2c(n1)CNC(C)CC2. The fourth-order valence-electron chi connectivity index (χ4n) is 4.00. The van der Waals surface area contributed by atoms with Gasteiger partial charge in [0.25, 0.3) is 5.91 Å². The lowest BCUT2D eigenvalue weighted by molar-refractivity contribution is 0.0624. The lowest BCUT2D eigenvalue weighted by Gasteiger charge is -2.23. The summed E-state index contributed by atoms with van der Waals surface area (Å²) in [6.45, 7) is 4.35. The molecular formula is C20H26ClN5O4S. The number of hydrogen-bond donors (Lipinski definition) is 2. The molecule has 0 spiro atoms. The first kappa shape index (κ1) is 22.1. The fraction of sp³-hybridized carbons (Fsp3) is 0.550. The predicted octanol–water partition coefficient (Wildman–Crippen LogP) is 2.50. The standard InChI is InChI=1S/C20H26ClN5O4S/c1-12-5-6-25-10-15(24-17(25)8-22-12)19(27)26-9-13(7-14(26)11-29-2)23-20(28)30-18-4-3-16(21)31-18/h3-4,10,12-14,22H,5-9,11H2,1-2H3,(H,23,28)/t12?,13-,14+/m1/s1. The first-order chi connectivity index (χ1) is 14.9. The lowest BCUT2D eigenvalue weighted by atomic mass is 10.2. The van der Waals surface area contributed by atoms with Gasteiger partial charge in [-0.25, -0.2) is 9.78 Å². The number of amides is 2. The maximum Gasteiger partial charge on any atom is 0.413 e. The first-order valence-electron chi connectivity index (χ1n) is 10.3. The van der Waals surface area contributed by atoms with Gasteiger partial charge in [0.15, 0.2) is 5.06 Å². The van der Waals surface area contributed by atoms with Crippen LogP contribution >= 0.6 is 22.9 Å². The van der Waals surface area contributed by atoms with Crippen molar-refractivity contribution >= 4 is 34.9 Å². The molecule has 1 saturated heterocycles. The Hall–Kier alpha value is -2.14. The molecule has 2 N–H and O–H groups in total. The van der Waals surface area contributed by atoms with E-state index >= 15 is 0 Å². The molecule has 2 aromatic heterocycles. The molecule has 4 heterocycles. The number of imidazole rings is 1. The Morgan fingerprint density at radius 1 is 1.42 bits per heavy atom. The van der Waals surface area contributed by atoms with Gasteiger partial charge >= 0.3 is 6.09 Å². The van der Waals surface area contributed by atoms with E-state index in [9.17, 15) is 9.59 Å². The van der Waals surface area contributed by atoms with Crippen LogP contribution < -0.4 is 15.4 Å². The average molecular weight is 468 g/mol. The molecule has 11 heteroatoms. The smallest absolute Gasteiger partial charge is 0.399 e. The van der Waals surface area contributed by atoms with Gasteiger partial charge in [0.1, 0.15) is 11.5 Å². The highest BCUT2D eigenvalue weighted by Crippen LogP contribution is 2.28. The Morgan fingerprint density at radius 3 is 3.00 bits per heavy atom. The lowest BCUT2D eigenvalue weighted by Crippen LogP contribution is -2.41. The molecule has 0 aliphatic carbocycles. The van der Waals surface area contributed by atoms with Crippen LogP contribution in [0.5, 0.6) is 5.06 Å². The van der Waals surface area contributed by atoms with Gasteiger partial charge < -0.3 is 29.6 Å². The third-order valence-electron chi connectivity index (χ3n) is 5.59. The Bertz CT molecular complexity index is 922. The largest absolute Gasteiger partial charge is 0.413 e. The molecule has 2 aliphatic rings. The van der Waals surface area contributed by atoms with Gasteiger partial charge in [0.2, 0.25) is 0 Å². The number of halogens is 1. The van der Waals surface area contributed by atoms with Gasteiger partial charge in [-0.1, -0.05) is 22.9 Å². The maximum absolute atomic E-state index is 13.2. The molecule has 0 saturated carbocycles. The van der Waals surface area contributed by atoms with Crippen molar-refractivity contribution in [2.75, 3.05) is 20.3 Å². The molecule has 0 aromatic carbocycles. The van der Waals surface area contributed by atoms with Crippen molar-refractivity contribution in [3.05, 3.63) is 34.2 Å². The minimum absolute atomic E-state index is 0.154. The summed E-state index contributed by atoms with van der Waals surface area (Å²) < 4.78 is 13.2. The summed E-state index contributed by atoms with van der Waals surface area (Å²) in [6, 6.07) is 3.33. The topological polar surface area (TPSA) is 97.7 Å². The van der Waals surface area contributed by atoms with Crippen LogP contribution in [0.15, 0.2) is 18.3 Å². The highest BCUT2D eigenvalue weighted by Gasteiger charge is 2.37. The average Bonchev–Trinajstić information content (AvgIpc) is 3.41. The van der Waals surface area contributed by atoms with E-state index in [1.807, 2.05) is 10.8 Å². The number of fused-ring (bicyclic) bond motifs is 1. The summed E-state index contributed by atoms with van der Waals surface area (Å²) in [5.74, 6) is 0.710. The number of thiophene rings is 1. The molecule has 0 bridgehead atoms. The third-order valence-corrected chi connectivity index (χ3v) is 6.70. The Kier molecular flexibility index (Phi) is 6.80. The normalized spacial score (nSPS) is 23.3. The monoisotopic (exact) mass is 467 g/mol. The van der Waals surface area contributed by atoms with E-state index < -0.39 is 6.09 Å². The van der Waals surface area contributed by atoms with Crippen molar-refractivity contribution in [1.82, 2.24) is 25.1 Å². The van der Waals surface area contributed by atoms with Crippen LogP contribution in [-0.4, -0.2) is 64.8 Å². The van der Waals surface area contributed by atoms with Crippen LogP contribution in [0.1, 0.15) is 36.1 Å². The third kappa shape index (κ3) is 5.20. The molecule has 9 nitrogen and oxygen atoms in total. The van der Waals surface area contributed by atoms with Crippen molar-refractivity contribution in [2.24, 2.45) is 0 Å². The highest BCUT2D eigenvalue weighted by atomic mass is 35.5. The van der Waals surface area contributed by atoms with Gasteiger partial charge in [-0.2, -0.15) is 0 Å². The number of hydrogen-bond acceptors (Lipinski definition) is 7. The molecule has 0 radical (unpaired) electrons. The summed E-state index contributed by atoms with van der Waals surface area (Å²) in [7, 11) is 1.60. The number of aryl methyl sites for hydroxylation is 1. The zero-order valence-electron chi connectivity index (χ0n) is 17.5. The van der Waals surface area contributed by atoms with Gasteiger partial charge in [0.05, 0.1) is 29.6 Å². The minimum atomic E-state index is -0.567. The van der Waals surface area contributed by atoms with Gasteiger partial charge in [-0.05, 0) is 31.9 Å². The van der Waals surface area contributed by atoms with Crippen molar-refractivity contribution in [2.45, 2.75) is 51.0 Å². The molecular weight excluding hydrogens is 442 g/mol. The van der Waals surface area contributed by atoms with E-state index in [4.69, 9.17) is 21.1 Å². The summed E-state index contributed by atoms with van der Waals surface area (Å²) in [5, 5.41) is 6.67. The van der Waals surface area contributed by atoms with E-state index in [1.54, 1.807) is 24.1 Å². The van der Waals surface area contributed by atoms with Crippen LogP contribution in [-0.2, 0) is 17.8 Å². The number of nitrogens with zero attached hydrogens (tertiary/aromatic N) is 3. The molecule has 2 aliphatic heterocycles. The number of methoxy groups -OCH3 is 1. The minimum Gasteiger partial charge on any atom is -0.399 e. The molecule has 168 valence electrons. The van der Waals surface area contributed by atoms with E-state index in [-0.39, 0.29) is 18.0 Å². The van der Waals surface area contributed by atoms with E-state index in [0.29, 0.717) is 47.3 Å². The number of ether oxygens (including phenoxy) is 2. The number of likely N-dealkylation sites (tertiary alicyclic amines) is 1. The Labute approximate surface area is 189 Å². The number of rotatable bonds is 5. The summed E-state index contributed by atoms with van der Waals surface area (Å²) in [6.07, 6.45) is 2.82. The number of carbonyl (C=O) groups excluding carboxylic acids is 2. The van der Waals surface area contributed by atoms with E-state index in [0.717, 1.165) is 18.8 Å². The maximum atomic E-state index is 13.2. The number of carbonyl (C=O) groups is 2. The second-order valence-electron chi connectivity index (χ2n) is 7.90. The predicted molar refractivity (Wildman–Crippen MR) is 117 cm³/mol. The van der Waals surface area contributed by atoms with E-state index in [2.05, 4.69) is 22.5 Å². The number of nitrogens with one attached hydrogen (secondary N) is 2. The van der Waals surface area contributed by atoms with Gasteiger partial charge in [-0.3, -0.25) is 4.79 Å². The van der Waals surface area contributed by atoms with Crippen LogP contribution in [0.4, 0.5) is 4.79 Å². The highest BCUT2D eigenvalue weighted by molar-refractivity contribution is 7.17. The second kappa shape index (κ2) is 9.56. The zero-order valence-corrected chi connectivity index (χ0v) is 19.0. The molecule has 1 fully saturated rings. The van der Waals surface area contributed by atoms with Crippen molar-refractivity contribution in [3.8, 4) is 5.06 Å². The van der Waals surface area contributed by atoms with E-state index in [1.165, 1.54) is 11.3 Å². The second-order valence-corrected chi connectivity index (χ2v) is 9.58. The van der Waals surface area contributed by atoms with Gasteiger partial charge in [-0.15, -0.1) is 0 Å². The summed E-state index contributed by atoms with van der Waals surface area (Å²) >= 11 is 7.05. The first-order valence-corrected chi connectivity index (χ1v) is 11.5. The Morgan fingerprint density at radius 2 is 2.26 bits per heavy atom. The molecule has 1 unspecified atom stereocenters. The van der Waals surface area contributed by atoms with Crippen LogP contribution in [0.25, 0.3) is 0 Å². The summed E-state index contributed by atoms with van der Waals surface area (Å²) in [4.78, 5) is 31.8. The van der Waals surface area contributed by atoms with Crippen molar-refractivity contribution < 1.29 is 19.1 Å². The zero-order chi connectivity index (χ0) is 22.0. The Balaban J connectivity index is 1.41.